The molecule has 0 aliphatic heterocycles. The molecule has 0 unspecified atom stereocenters. The summed E-state index contributed by atoms with van der Waals surface area (Å²) >= 11 is 0. The number of nitrogen functional groups attached to an aromatic ring is 1. The van der Waals surface area contributed by atoms with Gasteiger partial charge in [0.25, 0.3) is 10.0 Å². The van der Waals surface area contributed by atoms with E-state index >= 15 is 0 Å². The van der Waals surface area contributed by atoms with Crippen LogP contribution >= 0.6 is 0 Å². The van der Waals surface area contributed by atoms with Crippen LogP contribution in [0.5, 0.6) is 0 Å². The monoisotopic (exact) mass is 308 g/mol. The number of H-pyrrole nitrogens is 1. The van der Waals surface area contributed by atoms with Gasteiger partial charge >= 0.3 is 0 Å². The molecule has 2 rings (SSSR count). The molecule has 21 heavy (non-hydrogen) atoms. The van der Waals surface area contributed by atoms with Crippen LogP contribution in [0.25, 0.3) is 0 Å². The molecule has 0 amide bonds. The summed E-state index contributed by atoms with van der Waals surface area (Å²) in [6.07, 6.45) is 0. The van der Waals surface area contributed by atoms with E-state index in [0.717, 1.165) is 11.3 Å². The summed E-state index contributed by atoms with van der Waals surface area (Å²) in [6.45, 7) is 7.86. The Morgan fingerprint density at radius 2 is 1.90 bits per heavy atom. The third kappa shape index (κ3) is 3.36. The van der Waals surface area contributed by atoms with Crippen LogP contribution in [0.3, 0.4) is 0 Å². The summed E-state index contributed by atoms with van der Waals surface area (Å²) in [5, 5.41) is 6.83. The second-order valence-electron chi connectivity index (χ2n) is 6.04. The van der Waals surface area contributed by atoms with Crippen molar-refractivity contribution < 1.29 is 8.42 Å². The molecule has 1 aromatic heterocycles. The predicted octanol–water partition coefficient (Wildman–Crippen LogP) is 2.40. The molecule has 0 bridgehead atoms. The number of anilines is 2. The maximum absolute atomic E-state index is 12.3. The molecule has 114 valence electrons. The first-order valence-electron chi connectivity index (χ1n) is 6.54. The van der Waals surface area contributed by atoms with Crippen LogP contribution in [0.2, 0.25) is 0 Å². The smallest absolute Gasteiger partial charge is 0.263 e. The Morgan fingerprint density at radius 1 is 1.24 bits per heavy atom. The molecule has 1 aromatic carbocycles. The summed E-state index contributed by atoms with van der Waals surface area (Å²) in [6, 6.07) is 6.32. The lowest BCUT2D eigenvalue weighted by atomic mass is 9.92. The van der Waals surface area contributed by atoms with Crippen LogP contribution in [0.4, 0.5) is 11.5 Å². The summed E-state index contributed by atoms with van der Waals surface area (Å²) in [5.41, 5.74) is 7.75. The third-order valence-electron chi connectivity index (χ3n) is 3.19. The molecule has 0 saturated carbocycles. The van der Waals surface area contributed by atoms with Gasteiger partial charge in [-0.15, -0.1) is 0 Å². The average Bonchev–Trinajstić information content (AvgIpc) is 2.80. The summed E-state index contributed by atoms with van der Waals surface area (Å²) in [5.74, 6) is 0.263. The lowest BCUT2D eigenvalue weighted by Gasteiger charge is -2.14. The molecule has 0 atom stereocenters. The molecule has 4 N–H and O–H groups in total. The number of aryl methyl sites for hydroxylation is 1. The van der Waals surface area contributed by atoms with Gasteiger partial charge in [-0.25, -0.2) is 8.42 Å². The van der Waals surface area contributed by atoms with Crippen molar-refractivity contribution in [2.24, 2.45) is 0 Å². The molecular formula is C14H20N4O2S. The lowest BCUT2D eigenvalue weighted by Crippen LogP contribution is -2.14. The van der Waals surface area contributed by atoms with Crippen molar-refractivity contribution >= 4 is 21.5 Å². The first-order valence-corrected chi connectivity index (χ1v) is 8.03. The summed E-state index contributed by atoms with van der Waals surface area (Å²) < 4.78 is 27.1. The molecule has 2 aromatic rings. The minimum Gasteiger partial charge on any atom is -0.398 e. The molecule has 0 saturated heterocycles. The number of hydrogen-bond donors (Lipinski definition) is 3. The van der Waals surface area contributed by atoms with Crippen molar-refractivity contribution in [1.82, 2.24) is 10.2 Å². The van der Waals surface area contributed by atoms with Gasteiger partial charge in [0, 0.05) is 22.9 Å². The van der Waals surface area contributed by atoms with E-state index in [9.17, 15) is 8.42 Å². The Bertz CT molecular complexity index is 758. The van der Waals surface area contributed by atoms with Crippen molar-refractivity contribution in [3.8, 4) is 0 Å². The van der Waals surface area contributed by atoms with E-state index < -0.39 is 10.0 Å². The molecule has 0 aliphatic carbocycles. The Morgan fingerprint density at radius 3 is 2.43 bits per heavy atom. The highest BCUT2D eigenvalue weighted by Gasteiger charge is 2.20. The minimum atomic E-state index is -3.70. The number of nitrogens with one attached hydrogen (secondary N) is 2. The normalized spacial score (nSPS) is 12.4. The predicted molar refractivity (Wildman–Crippen MR) is 83.7 cm³/mol. The van der Waals surface area contributed by atoms with E-state index in [2.05, 4.69) is 14.9 Å². The zero-order valence-electron chi connectivity index (χ0n) is 12.6. The van der Waals surface area contributed by atoms with Crippen LogP contribution in [0.15, 0.2) is 29.2 Å². The second kappa shape index (κ2) is 5.07. The van der Waals surface area contributed by atoms with Crippen LogP contribution in [-0.2, 0) is 15.4 Å². The molecule has 0 aliphatic rings. The number of sulfonamides is 1. The Hall–Kier alpha value is -2.02. The maximum Gasteiger partial charge on any atom is 0.263 e. The van der Waals surface area contributed by atoms with Crippen LogP contribution < -0.4 is 10.5 Å². The highest BCUT2D eigenvalue weighted by Crippen LogP contribution is 2.24. The SMILES string of the molecule is Cc1ccc(S(=O)(=O)Nc2cc(C(C)(C)C)[nH]n2)cc1N. The van der Waals surface area contributed by atoms with Gasteiger partial charge in [-0.1, -0.05) is 26.8 Å². The highest BCUT2D eigenvalue weighted by molar-refractivity contribution is 7.92. The van der Waals surface area contributed by atoms with Gasteiger partial charge in [0.2, 0.25) is 0 Å². The second-order valence-corrected chi connectivity index (χ2v) is 7.72. The van der Waals surface area contributed by atoms with Crippen molar-refractivity contribution in [2.45, 2.75) is 38.0 Å². The van der Waals surface area contributed by atoms with Crippen molar-refractivity contribution in [3.63, 3.8) is 0 Å². The van der Waals surface area contributed by atoms with Gasteiger partial charge in [-0.05, 0) is 24.6 Å². The van der Waals surface area contributed by atoms with Crippen LogP contribution in [0.1, 0.15) is 32.0 Å². The number of aromatic nitrogens is 2. The fraction of sp³-hybridized carbons (Fsp3) is 0.357. The number of rotatable bonds is 3. The number of nitrogens with zero attached hydrogens (tertiary/aromatic N) is 1. The molecule has 1 heterocycles. The first kappa shape index (κ1) is 15.4. The quantitative estimate of drug-likeness (QED) is 0.758. The standard InChI is InChI=1S/C14H20N4O2S/c1-9-5-6-10(7-11(9)15)21(19,20)18-13-8-12(16-17-13)14(2,3)4/h5-8H,15H2,1-4H3,(H2,16,17,18). The minimum absolute atomic E-state index is 0.117. The van der Waals surface area contributed by atoms with Crippen LogP contribution in [0, 0.1) is 6.92 Å². The fourth-order valence-corrected chi connectivity index (χ4v) is 2.77. The van der Waals surface area contributed by atoms with Gasteiger partial charge in [-0.3, -0.25) is 9.82 Å². The number of benzene rings is 1. The molecule has 0 spiro atoms. The molecule has 0 radical (unpaired) electrons. The summed E-state index contributed by atoms with van der Waals surface area (Å²) in [4.78, 5) is 0.117. The van der Waals surface area contributed by atoms with E-state index in [1.165, 1.54) is 12.1 Å². The van der Waals surface area contributed by atoms with E-state index in [0.29, 0.717) is 5.69 Å². The molecular weight excluding hydrogens is 288 g/mol. The largest absolute Gasteiger partial charge is 0.398 e. The Balaban J connectivity index is 2.29. The zero-order valence-corrected chi connectivity index (χ0v) is 13.4. The van der Waals surface area contributed by atoms with Gasteiger partial charge in [0.1, 0.15) is 0 Å². The van der Waals surface area contributed by atoms with E-state index in [1.807, 2.05) is 27.7 Å². The number of nitrogens with two attached hydrogens (primary N) is 1. The van der Waals surface area contributed by atoms with Crippen molar-refractivity contribution in [3.05, 3.63) is 35.5 Å². The fourth-order valence-electron chi connectivity index (χ4n) is 1.74. The lowest BCUT2D eigenvalue weighted by molar-refractivity contribution is 0.567. The highest BCUT2D eigenvalue weighted by atomic mass is 32.2. The Kier molecular flexibility index (Phi) is 3.71. The number of aromatic amines is 1. The van der Waals surface area contributed by atoms with Gasteiger partial charge < -0.3 is 5.73 Å². The van der Waals surface area contributed by atoms with E-state index in [-0.39, 0.29) is 16.1 Å². The topological polar surface area (TPSA) is 101 Å². The molecule has 6 nitrogen and oxygen atoms in total. The summed E-state index contributed by atoms with van der Waals surface area (Å²) in [7, 11) is -3.70. The average molecular weight is 308 g/mol. The van der Waals surface area contributed by atoms with E-state index in [1.54, 1.807) is 12.1 Å². The van der Waals surface area contributed by atoms with Crippen LogP contribution in [-0.4, -0.2) is 18.6 Å². The zero-order chi connectivity index (χ0) is 15.8. The first-order chi connectivity index (χ1) is 9.59. The van der Waals surface area contributed by atoms with E-state index in [4.69, 9.17) is 5.73 Å². The molecule has 0 fully saturated rings. The van der Waals surface area contributed by atoms with Gasteiger partial charge in [0.05, 0.1) is 4.90 Å². The van der Waals surface area contributed by atoms with Crippen molar-refractivity contribution in [2.75, 3.05) is 10.5 Å². The Labute approximate surface area is 124 Å². The van der Waals surface area contributed by atoms with Gasteiger partial charge in [-0.2, -0.15) is 5.10 Å². The van der Waals surface area contributed by atoms with Gasteiger partial charge in [0.15, 0.2) is 5.82 Å². The van der Waals surface area contributed by atoms with Crippen molar-refractivity contribution in [1.29, 1.82) is 0 Å². The molecule has 7 heteroatoms. The third-order valence-corrected chi connectivity index (χ3v) is 4.54. The number of hydrogen-bond acceptors (Lipinski definition) is 4. The maximum atomic E-state index is 12.3.